The summed E-state index contributed by atoms with van der Waals surface area (Å²) in [6, 6.07) is 153. The van der Waals surface area contributed by atoms with Crippen molar-refractivity contribution < 1.29 is 40.2 Å². The zero-order valence-corrected chi connectivity index (χ0v) is 73.4. The molecule has 0 amide bonds. The second-order valence-electron chi connectivity index (χ2n) is 28.5. The molecule has 0 unspecified atom stereocenters. The Morgan fingerprint density at radius 3 is 0.870 bits per heavy atom. The maximum absolute atomic E-state index is 4.72. The molecule has 6 heterocycles. The number of aryl methyl sites for hydroxylation is 3. The van der Waals surface area contributed by atoms with Crippen molar-refractivity contribution in [3.05, 3.63) is 496 Å². The van der Waals surface area contributed by atoms with Gasteiger partial charge in [-0.05, 0) is 135 Å². The molecule has 20 rings (SSSR count). The monoisotopic (exact) mass is 1940 g/mol. The molecule has 20 aromatic rings. The molecule has 0 N–H and O–H groups in total. The molecule has 0 atom stereocenters. The Bertz CT molecular complexity index is 6330. The minimum Gasteiger partial charge on any atom is -0.305 e. The first-order chi connectivity index (χ1) is 59.6. The molecule has 0 bridgehead atoms. The molecule has 10 nitrogen and oxygen atoms in total. The maximum atomic E-state index is 4.72. The predicted octanol–water partition coefficient (Wildman–Crippen LogP) is 26.7. The van der Waals surface area contributed by atoms with E-state index in [1.165, 1.54) is 72.3 Å². The van der Waals surface area contributed by atoms with E-state index in [1.807, 2.05) is 238 Å². The molecule has 12 heteroatoms. The first-order valence-electron chi connectivity index (χ1n) is 40.1. The normalized spacial score (nSPS) is 10.3. The van der Waals surface area contributed by atoms with Gasteiger partial charge in [-0.25, -0.2) is 0 Å². The average Bonchev–Trinajstić information content (AvgIpc) is 1.63. The third-order valence-electron chi connectivity index (χ3n) is 20.2. The molecular formula is C111H86Ir2N10. The average molecular weight is 1940 g/mol. The van der Waals surface area contributed by atoms with E-state index in [0.29, 0.717) is 0 Å². The Labute approximate surface area is 748 Å². The third-order valence-corrected chi connectivity index (χ3v) is 20.2. The fourth-order valence-electron chi connectivity index (χ4n) is 14.1. The summed E-state index contributed by atoms with van der Waals surface area (Å²) in [6.45, 7) is 10.4. The second kappa shape index (κ2) is 43.5. The van der Waals surface area contributed by atoms with Crippen LogP contribution in [0.2, 0.25) is 0 Å². The molecule has 0 saturated heterocycles. The number of hydrogen-bond acceptors (Lipinski definition) is 6. The summed E-state index contributed by atoms with van der Waals surface area (Å²) in [7, 11) is 0. The summed E-state index contributed by atoms with van der Waals surface area (Å²) in [6.07, 6.45) is 11.4. The van der Waals surface area contributed by atoms with Gasteiger partial charge in [0, 0.05) is 58.4 Å². The Morgan fingerprint density at radius 2 is 0.528 bits per heavy atom. The predicted molar refractivity (Wildman–Crippen MR) is 494 cm³/mol. The molecule has 14 aromatic carbocycles. The quantitative estimate of drug-likeness (QED) is 0.101. The summed E-state index contributed by atoms with van der Waals surface area (Å²) in [4.78, 5) is 8.61. The summed E-state index contributed by atoms with van der Waals surface area (Å²) in [5.74, 6) is 0. The molecule has 0 spiro atoms. The van der Waals surface area contributed by atoms with Crippen LogP contribution in [-0.2, 0) is 40.2 Å². The maximum Gasteiger partial charge on any atom is 3.00 e. The SMILES string of the molecule is Cc1cc[c-]c(-c2ccccn2)c1.Cc1nn(-c2[c-]cccc2)c(C)c1-c1ccc(-c2ccccc2)cc1.Cc1nn(-c2[c-]cccc2)c(C)c1-c1ccccc1.[Ir+3].[Ir+3].[c-]1ccc(-c2ccccc2)cc1-c1ccccn1.[c-]1ccccc1-n1cc(-c2ccc(-c3ccccc3)cc2)cn1.[c-]1ccccc1-n1cc(-c2ccc(-c3ccccc3)cc2)cn1. The van der Waals surface area contributed by atoms with E-state index >= 15 is 0 Å². The van der Waals surface area contributed by atoms with E-state index in [9.17, 15) is 0 Å². The van der Waals surface area contributed by atoms with Gasteiger partial charge in [0.25, 0.3) is 0 Å². The van der Waals surface area contributed by atoms with Crippen LogP contribution in [0.25, 0.3) is 134 Å². The summed E-state index contributed by atoms with van der Waals surface area (Å²) in [5, 5.41) is 18.2. The molecule has 123 heavy (non-hydrogen) atoms. The van der Waals surface area contributed by atoms with Gasteiger partial charge in [-0.15, -0.1) is 95.1 Å². The van der Waals surface area contributed by atoms with Crippen LogP contribution in [0, 0.1) is 71.0 Å². The van der Waals surface area contributed by atoms with Crippen LogP contribution >= 0.6 is 0 Å². The molecule has 0 aliphatic heterocycles. The van der Waals surface area contributed by atoms with E-state index in [1.54, 1.807) is 12.4 Å². The van der Waals surface area contributed by atoms with Crippen molar-refractivity contribution in [2.24, 2.45) is 0 Å². The van der Waals surface area contributed by atoms with Crippen LogP contribution in [0.3, 0.4) is 0 Å². The number of rotatable bonds is 14. The van der Waals surface area contributed by atoms with Crippen LogP contribution in [0.15, 0.2) is 431 Å². The van der Waals surface area contributed by atoms with Crippen LogP contribution in [0.5, 0.6) is 0 Å². The molecule has 0 saturated carbocycles. The van der Waals surface area contributed by atoms with Crippen LogP contribution < -0.4 is 0 Å². The first-order valence-corrected chi connectivity index (χ1v) is 40.1. The Morgan fingerprint density at radius 1 is 0.236 bits per heavy atom. The number of aromatic nitrogens is 10. The standard InChI is InChI=1S/C23H19N2.2C21H15N2.C17H15N2.C17H12N.C12H10N.2Ir/c1-17-23(18(2)25(24-17)22-11-7-4-8-12-22)21-15-13-20(14-16-21)19-9-5-3-6-10-19;2*1-3-7-17(8-4-1)18-11-13-19(14-12-18)20-15-22-23(16-20)21-9-5-2-6-10-21;1-13-17(15-9-5-3-6-10-15)14(2)19(18-13)16-11-7-4-8-12-16;1-2-7-14(8-3-1)15-9-6-10-16(13-15)17-11-4-5-12-18-17;1-10-5-4-6-11(9-10)12-7-2-3-8-13-12;;/h3-11,13-16H,1-2H3;2*1-9,11-16H;3-11H,1-2H3;1-9,11-13H;2-5,7-9H,1H3;;/q6*-1;2*+3. The second-order valence-corrected chi connectivity index (χ2v) is 28.5. The summed E-state index contributed by atoms with van der Waals surface area (Å²) < 4.78 is 7.62. The smallest absolute Gasteiger partial charge is 0.305 e. The van der Waals surface area contributed by atoms with Crippen molar-refractivity contribution in [1.82, 2.24) is 49.1 Å². The van der Waals surface area contributed by atoms with E-state index in [4.69, 9.17) is 5.10 Å². The minimum absolute atomic E-state index is 0. The number of benzene rings is 14. The summed E-state index contributed by atoms with van der Waals surface area (Å²) >= 11 is 0. The van der Waals surface area contributed by atoms with Crippen molar-refractivity contribution in [3.8, 4) is 134 Å². The number of para-hydroxylation sites is 4. The largest absolute Gasteiger partial charge is 3.00 e. The summed E-state index contributed by atoms with van der Waals surface area (Å²) in [5.41, 5.74) is 32.5. The van der Waals surface area contributed by atoms with Crippen molar-refractivity contribution >= 4 is 0 Å². The number of pyridine rings is 2. The molecular weight excluding hydrogens is 1860 g/mol. The van der Waals surface area contributed by atoms with Gasteiger partial charge in [0.05, 0.1) is 23.8 Å². The van der Waals surface area contributed by atoms with Gasteiger partial charge >= 0.3 is 40.2 Å². The molecule has 0 aliphatic rings. The third kappa shape index (κ3) is 22.7. The molecule has 0 aliphatic carbocycles. The van der Waals surface area contributed by atoms with Gasteiger partial charge in [-0.1, -0.05) is 256 Å². The van der Waals surface area contributed by atoms with Crippen molar-refractivity contribution in [3.63, 3.8) is 0 Å². The van der Waals surface area contributed by atoms with E-state index < -0.39 is 0 Å². The topological polar surface area (TPSA) is 97.1 Å². The van der Waals surface area contributed by atoms with Gasteiger partial charge in [0.2, 0.25) is 0 Å². The van der Waals surface area contributed by atoms with Gasteiger partial charge in [0.1, 0.15) is 0 Å². The van der Waals surface area contributed by atoms with Crippen molar-refractivity contribution in [2.75, 3.05) is 0 Å². The van der Waals surface area contributed by atoms with E-state index in [-0.39, 0.29) is 40.2 Å². The van der Waals surface area contributed by atoms with E-state index in [2.05, 4.69) is 296 Å². The van der Waals surface area contributed by atoms with Gasteiger partial charge in [-0.3, -0.25) is 18.7 Å². The Balaban J connectivity index is 0.000000128. The van der Waals surface area contributed by atoms with Crippen LogP contribution in [-0.4, -0.2) is 49.1 Å². The van der Waals surface area contributed by atoms with Gasteiger partial charge in [0.15, 0.2) is 0 Å². The van der Waals surface area contributed by atoms with Crippen molar-refractivity contribution in [1.29, 1.82) is 0 Å². The van der Waals surface area contributed by atoms with Crippen molar-refractivity contribution in [2.45, 2.75) is 34.6 Å². The molecule has 598 valence electrons. The van der Waals surface area contributed by atoms with Gasteiger partial charge < -0.3 is 9.97 Å². The number of hydrogen-bond donors (Lipinski definition) is 0. The fourth-order valence-corrected chi connectivity index (χ4v) is 14.1. The zero-order valence-electron chi connectivity index (χ0n) is 68.6. The Kier molecular flexibility index (Phi) is 30.5. The van der Waals surface area contributed by atoms with E-state index in [0.717, 1.165) is 90.3 Å². The van der Waals surface area contributed by atoms with Crippen LogP contribution in [0.4, 0.5) is 0 Å². The minimum atomic E-state index is 0. The zero-order chi connectivity index (χ0) is 82.7. The van der Waals surface area contributed by atoms with Gasteiger partial charge in [-0.2, -0.15) is 117 Å². The van der Waals surface area contributed by atoms with Crippen LogP contribution in [0.1, 0.15) is 28.3 Å². The fraction of sp³-hybridized carbons (Fsp3) is 0.0450. The molecule has 0 fully saturated rings. The Hall–Kier alpha value is -14.5. The number of nitrogens with zero attached hydrogens (tertiary/aromatic N) is 10. The first kappa shape index (κ1) is 86.4. The molecule has 6 aromatic heterocycles. The molecule has 0 radical (unpaired) electrons.